The SMILES string of the molecule is COc1ccc(CN(c2nn(CC(F)F)c3c(-n4c(C(OC(N)=O)[C@H](c5cc(F)cc(F)c5)C(C)(C)C)nc5cc(Br)ccc5c4=O)ccc(Cl)c23)S(=O)(=O)C2CC2)cc1. The fraction of sp³-hybridized carbons (Fsp3) is 0.317. The van der Waals surface area contributed by atoms with Crippen molar-refractivity contribution in [3.63, 3.8) is 0 Å². The molecule has 1 unspecified atom stereocenters. The quantitative estimate of drug-likeness (QED) is 0.113. The maximum atomic E-state index is 15.0. The maximum Gasteiger partial charge on any atom is 0.405 e. The Morgan fingerprint density at radius 1 is 1.03 bits per heavy atom. The lowest BCUT2D eigenvalue weighted by molar-refractivity contribution is 0.0508. The van der Waals surface area contributed by atoms with Gasteiger partial charge in [0.25, 0.3) is 12.0 Å². The molecule has 2 aromatic heterocycles. The van der Waals surface area contributed by atoms with E-state index in [1.54, 1.807) is 51.1 Å². The standard InChI is InChI=1S/C41H38BrClF4N6O6S/c1-41(2,3)34(22-15-24(44)18-25(45)16-22)36(59-40(48)55)38-49-30-17-23(42)7-12-28(30)39(54)53(38)31-14-13-29(43)33-35(31)51(20-32(46)47)50-37(33)52(60(56,57)27-10-11-27)19-21-5-8-26(58-4)9-6-21/h5-9,12-18,27,32,34,36H,10-11,19-20H2,1-4H3,(H2,48,55)/t34-,36?/m0/s1. The largest absolute Gasteiger partial charge is 0.497 e. The van der Waals surface area contributed by atoms with E-state index < -0.39 is 69.0 Å². The Labute approximate surface area is 355 Å². The third-order valence-corrected chi connectivity index (χ3v) is 13.2. The number of hydrogen-bond acceptors (Lipinski definition) is 8. The number of sulfonamides is 1. The van der Waals surface area contributed by atoms with Crippen molar-refractivity contribution < 1.29 is 40.2 Å². The van der Waals surface area contributed by atoms with E-state index in [0.717, 1.165) is 25.7 Å². The lowest BCUT2D eigenvalue weighted by Gasteiger charge is -2.37. The predicted octanol–water partition coefficient (Wildman–Crippen LogP) is 9.17. The molecule has 2 atom stereocenters. The zero-order valence-corrected chi connectivity index (χ0v) is 35.7. The van der Waals surface area contributed by atoms with Gasteiger partial charge in [-0.25, -0.2) is 40.1 Å². The zero-order chi connectivity index (χ0) is 43.4. The molecule has 316 valence electrons. The molecule has 0 bridgehead atoms. The summed E-state index contributed by atoms with van der Waals surface area (Å²) in [5.74, 6) is -3.11. The number of carbonyl (C=O) groups is 1. The number of nitrogens with zero attached hydrogens (tertiary/aromatic N) is 5. The molecule has 0 saturated heterocycles. The summed E-state index contributed by atoms with van der Waals surface area (Å²) in [6, 6.07) is 16.6. The van der Waals surface area contributed by atoms with E-state index in [1.165, 1.54) is 31.4 Å². The van der Waals surface area contributed by atoms with E-state index in [4.69, 9.17) is 31.8 Å². The van der Waals surface area contributed by atoms with Gasteiger partial charge in [-0.3, -0.25) is 14.0 Å². The monoisotopic (exact) mass is 932 g/mol. The molecule has 1 fully saturated rings. The van der Waals surface area contributed by atoms with E-state index in [2.05, 4.69) is 21.0 Å². The number of amides is 1. The number of aromatic nitrogens is 4. The normalized spacial score (nSPS) is 14.4. The van der Waals surface area contributed by atoms with Crippen molar-refractivity contribution in [1.29, 1.82) is 0 Å². The van der Waals surface area contributed by atoms with Gasteiger partial charge in [-0.2, -0.15) is 5.10 Å². The summed E-state index contributed by atoms with van der Waals surface area (Å²) in [4.78, 5) is 32.7. The summed E-state index contributed by atoms with van der Waals surface area (Å²) in [7, 11) is -2.70. The molecule has 1 aliphatic rings. The van der Waals surface area contributed by atoms with Gasteiger partial charge in [0.1, 0.15) is 23.9 Å². The first kappa shape index (κ1) is 42.9. The summed E-state index contributed by atoms with van der Waals surface area (Å²) in [5.41, 5.74) is 4.18. The fourth-order valence-corrected chi connectivity index (χ4v) is 9.84. The molecule has 2 N–H and O–H groups in total. The number of rotatable bonds is 13. The second kappa shape index (κ2) is 16.3. The van der Waals surface area contributed by atoms with Gasteiger partial charge < -0.3 is 15.2 Å². The highest BCUT2D eigenvalue weighted by atomic mass is 79.9. The van der Waals surface area contributed by atoms with Gasteiger partial charge in [0.2, 0.25) is 10.0 Å². The maximum absolute atomic E-state index is 15.0. The van der Waals surface area contributed by atoms with E-state index in [-0.39, 0.29) is 56.3 Å². The minimum atomic E-state index is -4.17. The number of ether oxygens (including phenoxy) is 2. The number of anilines is 1. The van der Waals surface area contributed by atoms with Crippen LogP contribution in [0.15, 0.2) is 82.1 Å². The summed E-state index contributed by atoms with van der Waals surface area (Å²) in [6.45, 7) is 3.78. The molecule has 0 spiro atoms. The van der Waals surface area contributed by atoms with Crippen LogP contribution in [-0.4, -0.2) is 52.6 Å². The van der Waals surface area contributed by atoms with Crippen LogP contribution >= 0.6 is 27.5 Å². The van der Waals surface area contributed by atoms with Crippen molar-refractivity contribution in [2.75, 3.05) is 11.4 Å². The third kappa shape index (κ3) is 8.41. The number of alkyl halides is 2. The first-order chi connectivity index (χ1) is 28.3. The third-order valence-electron chi connectivity index (χ3n) is 10.2. The minimum Gasteiger partial charge on any atom is -0.497 e. The van der Waals surface area contributed by atoms with Crippen LogP contribution in [0.5, 0.6) is 5.75 Å². The van der Waals surface area contributed by atoms with Gasteiger partial charge >= 0.3 is 6.09 Å². The predicted molar refractivity (Wildman–Crippen MR) is 222 cm³/mol. The first-order valence-corrected chi connectivity index (χ1v) is 21.2. The second-order valence-electron chi connectivity index (χ2n) is 15.5. The number of carbonyl (C=O) groups excluding carboxylic acids is 1. The molecule has 2 heterocycles. The average Bonchev–Trinajstić information content (AvgIpc) is 3.96. The molecule has 1 amide bonds. The Bertz CT molecular complexity index is 2790. The first-order valence-electron chi connectivity index (χ1n) is 18.5. The topological polar surface area (TPSA) is 152 Å². The number of halogens is 6. The highest BCUT2D eigenvalue weighted by Gasteiger charge is 2.44. The van der Waals surface area contributed by atoms with Crippen LogP contribution in [-0.2, 0) is 27.8 Å². The number of fused-ring (bicyclic) bond motifs is 2. The van der Waals surface area contributed by atoms with Gasteiger partial charge in [0.15, 0.2) is 17.7 Å². The van der Waals surface area contributed by atoms with Gasteiger partial charge in [0, 0.05) is 16.5 Å². The van der Waals surface area contributed by atoms with E-state index in [9.17, 15) is 30.8 Å². The van der Waals surface area contributed by atoms with Crippen LogP contribution < -0.4 is 20.3 Å². The van der Waals surface area contributed by atoms with Crippen molar-refractivity contribution in [2.24, 2.45) is 11.1 Å². The number of nitrogens with two attached hydrogens (primary N) is 1. The molecular weight excluding hydrogens is 896 g/mol. The highest BCUT2D eigenvalue weighted by molar-refractivity contribution is 9.10. The molecule has 12 nitrogen and oxygen atoms in total. The second-order valence-corrected chi connectivity index (χ2v) is 18.9. The molecule has 1 aliphatic carbocycles. The number of benzene rings is 4. The van der Waals surface area contributed by atoms with Crippen LogP contribution in [0.25, 0.3) is 27.5 Å². The Kier molecular flexibility index (Phi) is 11.7. The summed E-state index contributed by atoms with van der Waals surface area (Å²) in [6.07, 6.45) is -5.31. The summed E-state index contributed by atoms with van der Waals surface area (Å²) in [5, 5.41) is 3.57. The zero-order valence-electron chi connectivity index (χ0n) is 32.5. The molecular formula is C41H38BrClF4N6O6S. The summed E-state index contributed by atoms with van der Waals surface area (Å²) < 4.78 is 102. The van der Waals surface area contributed by atoms with Crippen molar-refractivity contribution in [3.05, 3.63) is 121 Å². The molecule has 0 aliphatic heterocycles. The molecule has 1 saturated carbocycles. The van der Waals surface area contributed by atoms with E-state index in [1.807, 2.05) is 0 Å². The Morgan fingerprint density at radius 3 is 2.28 bits per heavy atom. The molecule has 60 heavy (non-hydrogen) atoms. The Hall–Kier alpha value is -5.20. The Balaban J connectivity index is 1.58. The lowest BCUT2D eigenvalue weighted by Crippen LogP contribution is -2.35. The van der Waals surface area contributed by atoms with E-state index >= 15 is 4.79 Å². The minimum absolute atomic E-state index is 0.0205. The van der Waals surface area contributed by atoms with Crippen LogP contribution in [0.2, 0.25) is 5.02 Å². The van der Waals surface area contributed by atoms with Crippen molar-refractivity contribution in [1.82, 2.24) is 19.3 Å². The molecule has 0 radical (unpaired) electrons. The Morgan fingerprint density at radius 2 is 1.70 bits per heavy atom. The van der Waals surface area contributed by atoms with Crippen molar-refractivity contribution in [3.8, 4) is 11.4 Å². The van der Waals surface area contributed by atoms with Gasteiger partial charge in [0.05, 0.1) is 51.4 Å². The molecule has 7 rings (SSSR count). The number of hydrogen-bond donors (Lipinski definition) is 1. The number of methoxy groups -OCH3 is 1. The van der Waals surface area contributed by atoms with Crippen molar-refractivity contribution in [2.45, 2.75) is 70.4 Å². The van der Waals surface area contributed by atoms with Gasteiger partial charge in [-0.05, 0) is 84.0 Å². The smallest absolute Gasteiger partial charge is 0.405 e. The number of primary amides is 1. The van der Waals surface area contributed by atoms with Gasteiger partial charge in [-0.15, -0.1) is 0 Å². The average molecular weight is 934 g/mol. The summed E-state index contributed by atoms with van der Waals surface area (Å²) >= 11 is 10.3. The molecule has 19 heteroatoms. The molecule has 4 aromatic carbocycles. The van der Waals surface area contributed by atoms with E-state index in [0.29, 0.717) is 34.7 Å². The fourth-order valence-electron chi connectivity index (χ4n) is 7.47. The lowest BCUT2D eigenvalue weighted by atomic mass is 9.72. The van der Waals surface area contributed by atoms with Crippen LogP contribution in [0, 0.1) is 17.0 Å². The van der Waals surface area contributed by atoms with Crippen molar-refractivity contribution >= 4 is 71.3 Å². The molecule has 6 aromatic rings. The van der Waals surface area contributed by atoms with Gasteiger partial charge in [-0.1, -0.05) is 60.4 Å². The van der Waals surface area contributed by atoms with Crippen LogP contribution in [0.3, 0.4) is 0 Å². The van der Waals surface area contributed by atoms with Crippen LogP contribution in [0.4, 0.5) is 28.2 Å². The highest BCUT2D eigenvalue weighted by Crippen LogP contribution is 2.48. The van der Waals surface area contributed by atoms with Crippen LogP contribution in [0.1, 0.15) is 62.6 Å².